The van der Waals surface area contributed by atoms with Crippen molar-refractivity contribution >= 4 is 0 Å². The molecule has 3 rings (SSSR count). The molecule has 0 aliphatic heterocycles. The third-order valence-corrected chi connectivity index (χ3v) is 3.87. The zero-order chi connectivity index (χ0) is 15.5. The molecule has 0 amide bonds. The Bertz CT molecular complexity index is 793. The van der Waals surface area contributed by atoms with Crippen molar-refractivity contribution in [2.75, 3.05) is 0 Å². The Morgan fingerprint density at radius 3 is 2.33 bits per heavy atom. The first-order chi connectivity index (χ1) is 10.7. The molecule has 0 N–H and O–H groups in total. The van der Waals surface area contributed by atoms with Gasteiger partial charge in [-0.3, -0.25) is 0 Å². The summed E-state index contributed by atoms with van der Waals surface area (Å²) >= 11 is 0. The average Bonchev–Trinajstić information content (AvgIpc) is 2.56. The highest BCUT2D eigenvalue weighted by molar-refractivity contribution is 5.75. The largest absolute Gasteiger partial charge is 0.212 e. The zero-order valence-electron chi connectivity index (χ0n) is 13.5. The minimum atomic E-state index is 0.298. The van der Waals surface area contributed by atoms with Crippen LogP contribution >= 0.6 is 0 Å². The summed E-state index contributed by atoms with van der Waals surface area (Å²) in [5.41, 5.74) is 7.02. The SMILES string of the molecule is [2H]Cc1cc(C)c(-c2cccc[n+]2C)cc1-c1ccccc1. The summed E-state index contributed by atoms with van der Waals surface area (Å²) in [4.78, 5) is 0. The Morgan fingerprint density at radius 2 is 1.62 bits per heavy atom. The average molecular weight is 275 g/mol. The molecule has 0 fully saturated rings. The summed E-state index contributed by atoms with van der Waals surface area (Å²) in [6, 6.07) is 21.0. The second-order valence-corrected chi connectivity index (χ2v) is 5.39. The minimum Gasteiger partial charge on any atom is -0.201 e. The zero-order valence-corrected chi connectivity index (χ0v) is 12.5. The van der Waals surface area contributed by atoms with Gasteiger partial charge in [-0.2, -0.15) is 0 Å². The first kappa shape index (κ1) is 12.3. The van der Waals surface area contributed by atoms with E-state index in [1.807, 2.05) is 24.3 Å². The summed E-state index contributed by atoms with van der Waals surface area (Å²) < 4.78 is 9.98. The summed E-state index contributed by atoms with van der Waals surface area (Å²) in [6.07, 6.45) is 2.06. The van der Waals surface area contributed by atoms with Gasteiger partial charge < -0.3 is 0 Å². The normalized spacial score (nSPS) is 11.2. The second-order valence-electron chi connectivity index (χ2n) is 5.39. The maximum absolute atomic E-state index is 7.84. The third-order valence-electron chi connectivity index (χ3n) is 3.87. The number of rotatable bonds is 2. The van der Waals surface area contributed by atoms with Crippen molar-refractivity contribution < 1.29 is 5.94 Å². The Kier molecular flexibility index (Phi) is 3.25. The van der Waals surface area contributed by atoms with Crippen LogP contribution in [0, 0.1) is 13.8 Å². The lowest BCUT2D eigenvalue weighted by molar-refractivity contribution is -0.660. The summed E-state index contributed by atoms with van der Waals surface area (Å²) in [5.74, 6) is 0. The molecule has 1 heterocycles. The molecule has 1 aromatic heterocycles. The fourth-order valence-electron chi connectivity index (χ4n) is 2.73. The molecule has 1 heteroatoms. The van der Waals surface area contributed by atoms with E-state index in [1.54, 1.807) is 0 Å². The lowest BCUT2D eigenvalue weighted by atomic mass is 9.93. The maximum Gasteiger partial charge on any atom is 0.212 e. The van der Waals surface area contributed by atoms with E-state index < -0.39 is 0 Å². The van der Waals surface area contributed by atoms with Crippen LogP contribution in [-0.4, -0.2) is 0 Å². The van der Waals surface area contributed by atoms with E-state index >= 15 is 0 Å². The smallest absolute Gasteiger partial charge is 0.201 e. The molecule has 0 aliphatic carbocycles. The lowest BCUT2D eigenvalue weighted by Gasteiger charge is -2.11. The molecule has 0 bridgehead atoms. The first-order valence-electron chi connectivity index (χ1n) is 7.84. The van der Waals surface area contributed by atoms with Crippen molar-refractivity contribution in [2.45, 2.75) is 13.8 Å². The molecule has 104 valence electrons. The van der Waals surface area contributed by atoms with Crippen molar-refractivity contribution in [1.82, 2.24) is 0 Å². The van der Waals surface area contributed by atoms with E-state index in [9.17, 15) is 0 Å². The predicted molar refractivity (Wildman–Crippen MR) is 88.0 cm³/mol. The molecule has 2 aromatic carbocycles. The van der Waals surface area contributed by atoms with E-state index in [4.69, 9.17) is 1.37 Å². The molecular weight excluding hydrogens is 254 g/mol. The molecule has 21 heavy (non-hydrogen) atoms. The van der Waals surface area contributed by atoms with Gasteiger partial charge in [0.15, 0.2) is 6.20 Å². The third kappa shape index (κ3) is 2.59. The molecule has 0 atom stereocenters. The number of aryl methyl sites for hydroxylation is 3. The Morgan fingerprint density at radius 1 is 0.857 bits per heavy atom. The van der Waals surface area contributed by atoms with Crippen LogP contribution in [0.1, 0.15) is 12.5 Å². The van der Waals surface area contributed by atoms with E-state index in [-0.39, 0.29) is 0 Å². The van der Waals surface area contributed by atoms with Gasteiger partial charge in [0.2, 0.25) is 5.69 Å². The number of benzene rings is 2. The van der Waals surface area contributed by atoms with Gasteiger partial charge in [0, 0.05) is 19.1 Å². The number of hydrogen-bond acceptors (Lipinski definition) is 0. The van der Waals surface area contributed by atoms with E-state index in [1.165, 1.54) is 22.4 Å². The van der Waals surface area contributed by atoms with Crippen LogP contribution in [0.2, 0.25) is 0 Å². The van der Waals surface area contributed by atoms with Crippen molar-refractivity contribution in [3.05, 3.63) is 78.0 Å². The highest BCUT2D eigenvalue weighted by Crippen LogP contribution is 2.30. The van der Waals surface area contributed by atoms with Gasteiger partial charge in [0.05, 0.1) is 0 Å². The van der Waals surface area contributed by atoms with E-state index in [2.05, 4.69) is 61.1 Å². The summed E-state index contributed by atoms with van der Waals surface area (Å²) in [6.45, 7) is 2.42. The molecule has 1 nitrogen and oxygen atoms in total. The Hall–Kier alpha value is -2.41. The fourth-order valence-corrected chi connectivity index (χ4v) is 2.73. The molecular formula is C20H20N+. The molecule has 0 aliphatic rings. The summed E-state index contributed by atoms with van der Waals surface area (Å²) in [7, 11) is 2.06. The standard InChI is InChI=1S/C20H20N/c1-15-13-16(2)19(20-11-7-8-12-21(20)3)14-18(15)17-9-5-4-6-10-17/h4-14H,1-3H3/q+1/i1D. The highest BCUT2D eigenvalue weighted by atomic mass is 14.9. The molecule has 0 saturated carbocycles. The van der Waals surface area contributed by atoms with Crippen LogP contribution < -0.4 is 4.57 Å². The van der Waals surface area contributed by atoms with Crippen molar-refractivity contribution in [3.63, 3.8) is 0 Å². The predicted octanol–water partition coefficient (Wildman–Crippen LogP) is 4.46. The van der Waals surface area contributed by atoms with Gasteiger partial charge in [-0.25, -0.2) is 4.57 Å². The van der Waals surface area contributed by atoms with Gasteiger partial charge in [0.1, 0.15) is 7.05 Å². The highest BCUT2D eigenvalue weighted by Gasteiger charge is 2.14. The van der Waals surface area contributed by atoms with Crippen LogP contribution in [0.25, 0.3) is 22.4 Å². The van der Waals surface area contributed by atoms with Crippen LogP contribution in [-0.2, 0) is 7.05 Å². The van der Waals surface area contributed by atoms with Crippen LogP contribution in [0.4, 0.5) is 0 Å². The van der Waals surface area contributed by atoms with E-state index in [0.717, 1.165) is 11.1 Å². The van der Waals surface area contributed by atoms with Gasteiger partial charge in [-0.1, -0.05) is 36.4 Å². The van der Waals surface area contributed by atoms with Crippen LogP contribution in [0.5, 0.6) is 0 Å². The van der Waals surface area contributed by atoms with Gasteiger partial charge in [-0.05, 0) is 48.2 Å². The lowest BCUT2D eigenvalue weighted by Crippen LogP contribution is -2.30. The van der Waals surface area contributed by atoms with Crippen molar-refractivity contribution in [1.29, 1.82) is 0 Å². The molecule has 0 radical (unpaired) electrons. The minimum absolute atomic E-state index is 0.298. The second kappa shape index (κ2) is 5.53. The molecule has 0 unspecified atom stereocenters. The van der Waals surface area contributed by atoms with Crippen LogP contribution in [0.3, 0.4) is 0 Å². The monoisotopic (exact) mass is 275 g/mol. The molecule has 0 spiro atoms. The van der Waals surface area contributed by atoms with Gasteiger partial charge >= 0.3 is 0 Å². The quantitative estimate of drug-likeness (QED) is 0.608. The number of pyridine rings is 1. The Labute approximate surface area is 127 Å². The van der Waals surface area contributed by atoms with Gasteiger partial charge in [0.25, 0.3) is 0 Å². The van der Waals surface area contributed by atoms with Crippen LogP contribution in [0.15, 0.2) is 66.9 Å². The number of nitrogens with zero attached hydrogens (tertiary/aromatic N) is 1. The number of aromatic nitrogens is 1. The van der Waals surface area contributed by atoms with Crippen molar-refractivity contribution in [2.24, 2.45) is 7.05 Å². The van der Waals surface area contributed by atoms with Crippen molar-refractivity contribution in [3.8, 4) is 22.4 Å². The molecule has 3 aromatic rings. The fraction of sp³-hybridized carbons (Fsp3) is 0.150. The topological polar surface area (TPSA) is 3.88 Å². The maximum atomic E-state index is 7.84. The number of hydrogen-bond donors (Lipinski definition) is 0. The summed E-state index contributed by atoms with van der Waals surface area (Å²) in [5, 5.41) is 0. The Balaban J connectivity index is 2.23. The molecule has 0 saturated heterocycles. The van der Waals surface area contributed by atoms with Gasteiger partial charge in [-0.15, -0.1) is 0 Å². The van der Waals surface area contributed by atoms with E-state index in [0.29, 0.717) is 6.90 Å². The first-order valence-corrected chi connectivity index (χ1v) is 7.14.